The molecule has 3 aromatic rings. The van der Waals surface area contributed by atoms with Gasteiger partial charge in [0, 0.05) is 0 Å². The lowest BCUT2D eigenvalue weighted by molar-refractivity contribution is 0.373. The number of hydrogen-bond acceptors (Lipinski definition) is 5. The molecule has 0 radical (unpaired) electrons. The van der Waals surface area contributed by atoms with E-state index in [-0.39, 0.29) is 11.3 Å². The Kier molecular flexibility index (Phi) is 3.34. The zero-order valence-corrected chi connectivity index (χ0v) is 13.1. The Labute approximate surface area is 136 Å². The maximum Gasteiger partial charge on any atom is 0.276 e. The number of hydrogen-bond donors (Lipinski definition) is 2. The van der Waals surface area contributed by atoms with Gasteiger partial charge in [-0.2, -0.15) is 9.61 Å². The zero-order chi connectivity index (χ0) is 16.7. The second-order valence-electron chi connectivity index (χ2n) is 5.69. The Bertz CT molecular complexity index is 1110. The first-order valence-electron chi connectivity index (χ1n) is 7.72. The summed E-state index contributed by atoms with van der Waals surface area (Å²) in [5.74, 6) is 0.820. The van der Waals surface area contributed by atoms with Crippen LogP contribution in [0.1, 0.15) is 24.1 Å². The first kappa shape index (κ1) is 14.5. The van der Waals surface area contributed by atoms with Gasteiger partial charge in [-0.05, 0) is 43.0 Å². The maximum absolute atomic E-state index is 12.3. The second kappa shape index (κ2) is 5.52. The third-order valence-electron chi connectivity index (χ3n) is 4.09. The van der Waals surface area contributed by atoms with Crippen LogP contribution in [0.2, 0.25) is 0 Å². The van der Waals surface area contributed by atoms with E-state index in [1.807, 2.05) is 6.08 Å². The fraction of sp³-hybridized carbons (Fsp3) is 0.235. The Balaban J connectivity index is 1.96. The van der Waals surface area contributed by atoms with Gasteiger partial charge in [0.15, 0.2) is 11.5 Å². The highest BCUT2D eigenvalue weighted by atomic mass is 16.5. The van der Waals surface area contributed by atoms with Gasteiger partial charge in [-0.15, -0.1) is 0 Å². The normalized spacial score (nSPS) is 14.5. The van der Waals surface area contributed by atoms with Gasteiger partial charge >= 0.3 is 0 Å². The Morgan fingerprint density at radius 1 is 1.42 bits per heavy atom. The lowest BCUT2D eigenvalue weighted by atomic mass is 10.1. The van der Waals surface area contributed by atoms with Crippen LogP contribution >= 0.6 is 0 Å². The fourth-order valence-corrected chi connectivity index (χ4v) is 2.87. The molecular formula is C17H16N4O3. The zero-order valence-electron chi connectivity index (χ0n) is 13.1. The molecule has 7 heteroatoms. The predicted octanol–water partition coefficient (Wildman–Crippen LogP) is 0.0774. The molecule has 0 fully saturated rings. The van der Waals surface area contributed by atoms with E-state index in [0.29, 0.717) is 16.9 Å². The molecule has 1 aliphatic rings. The minimum Gasteiger partial charge on any atom is -0.504 e. The topological polar surface area (TPSA) is 92.5 Å². The molecule has 0 aliphatic heterocycles. The van der Waals surface area contributed by atoms with Crippen molar-refractivity contribution >= 4 is 17.9 Å². The van der Waals surface area contributed by atoms with Crippen LogP contribution < -0.4 is 21.0 Å². The van der Waals surface area contributed by atoms with Crippen molar-refractivity contribution in [3.05, 3.63) is 50.5 Å². The molecule has 2 N–H and O–H groups in total. The molecular weight excluding hydrogens is 308 g/mol. The SMILES string of the molecule is COc1cc(/C=c2/c(=O)[nH]c3nc4c(nn23)CCCC=4)ccc1O. The number of aromatic hydroxyl groups is 1. The van der Waals surface area contributed by atoms with Gasteiger partial charge in [0.25, 0.3) is 5.56 Å². The summed E-state index contributed by atoms with van der Waals surface area (Å²) in [5.41, 5.74) is 1.36. The van der Waals surface area contributed by atoms with Crippen molar-refractivity contribution in [2.75, 3.05) is 7.11 Å². The Morgan fingerprint density at radius 2 is 2.29 bits per heavy atom. The van der Waals surface area contributed by atoms with Crippen LogP contribution in [-0.2, 0) is 6.42 Å². The van der Waals surface area contributed by atoms with E-state index in [2.05, 4.69) is 15.1 Å². The van der Waals surface area contributed by atoms with Crippen LogP contribution in [-0.4, -0.2) is 31.8 Å². The van der Waals surface area contributed by atoms with Gasteiger partial charge in [-0.1, -0.05) is 12.1 Å². The lowest BCUT2D eigenvalue weighted by Crippen LogP contribution is -2.30. The minimum absolute atomic E-state index is 0.0491. The molecule has 0 unspecified atom stereocenters. The molecule has 2 aromatic heterocycles. The quantitative estimate of drug-likeness (QED) is 0.696. The molecule has 24 heavy (non-hydrogen) atoms. The second-order valence-corrected chi connectivity index (χ2v) is 5.69. The number of fused-ring (bicyclic) bond motifs is 2. The van der Waals surface area contributed by atoms with Crippen LogP contribution in [0.3, 0.4) is 0 Å². The third-order valence-corrected chi connectivity index (χ3v) is 4.09. The number of methoxy groups -OCH3 is 1. The first-order chi connectivity index (χ1) is 11.7. The summed E-state index contributed by atoms with van der Waals surface area (Å²) >= 11 is 0. The Morgan fingerprint density at radius 3 is 3.12 bits per heavy atom. The number of phenolic OH excluding ortho intramolecular Hbond substituents is 1. The summed E-state index contributed by atoms with van der Waals surface area (Å²) in [4.78, 5) is 19.5. The Hall–Kier alpha value is -3.09. The summed E-state index contributed by atoms with van der Waals surface area (Å²) in [6.45, 7) is 0. The van der Waals surface area contributed by atoms with E-state index in [9.17, 15) is 9.90 Å². The summed E-state index contributed by atoms with van der Waals surface area (Å²) in [6, 6.07) is 4.89. The van der Waals surface area contributed by atoms with Crippen molar-refractivity contribution < 1.29 is 9.84 Å². The van der Waals surface area contributed by atoms with Gasteiger partial charge < -0.3 is 9.84 Å². The van der Waals surface area contributed by atoms with Crippen molar-refractivity contribution in [2.24, 2.45) is 0 Å². The van der Waals surface area contributed by atoms with Gasteiger partial charge in [0.1, 0.15) is 5.35 Å². The van der Waals surface area contributed by atoms with Crippen LogP contribution in [0, 0.1) is 0 Å². The van der Waals surface area contributed by atoms with E-state index in [1.165, 1.54) is 13.2 Å². The molecule has 2 heterocycles. The number of nitrogens with zero attached hydrogens (tertiary/aromatic N) is 3. The summed E-state index contributed by atoms with van der Waals surface area (Å²) < 4.78 is 6.64. The van der Waals surface area contributed by atoms with E-state index < -0.39 is 0 Å². The smallest absolute Gasteiger partial charge is 0.276 e. The summed E-state index contributed by atoms with van der Waals surface area (Å²) in [5, 5.41) is 15.5. The van der Waals surface area contributed by atoms with Gasteiger partial charge in [0.2, 0.25) is 5.78 Å². The van der Waals surface area contributed by atoms with Gasteiger partial charge in [-0.25, -0.2) is 4.98 Å². The number of imidazole rings is 1. The molecule has 0 bridgehead atoms. The third kappa shape index (κ3) is 2.34. The van der Waals surface area contributed by atoms with Crippen molar-refractivity contribution in [1.82, 2.24) is 19.6 Å². The molecule has 0 saturated heterocycles. The molecule has 0 amide bonds. The number of aryl methyl sites for hydroxylation is 1. The first-order valence-corrected chi connectivity index (χ1v) is 7.72. The van der Waals surface area contributed by atoms with E-state index in [4.69, 9.17) is 4.74 Å². The lowest BCUT2D eigenvalue weighted by Gasteiger charge is -2.06. The van der Waals surface area contributed by atoms with Crippen molar-refractivity contribution in [3.63, 3.8) is 0 Å². The minimum atomic E-state index is -0.260. The molecule has 7 nitrogen and oxygen atoms in total. The number of rotatable bonds is 2. The van der Waals surface area contributed by atoms with E-state index >= 15 is 0 Å². The molecule has 0 atom stereocenters. The average molecular weight is 324 g/mol. The highest BCUT2D eigenvalue weighted by Crippen LogP contribution is 2.26. The number of H-pyrrole nitrogens is 1. The number of phenols is 1. The van der Waals surface area contributed by atoms with Gasteiger partial charge in [0.05, 0.1) is 18.2 Å². The fourth-order valence-electron chi connectivity index (χ4n) is 2.87. The summed E-state index contributed by atoms with van der Waals surface area (Å²) in [7, 11) is 1.48. The number of nitrogens with one attached hydrogen (secondary N) is 1. The highest BCUT2D eigenvalue weighted by molar-refractivity contribution is 5.55. The standard InChI is InChI=1S/C17H16N4O3/c1-24-15-9-10(6-7-14(15)22)8-13-16(23)19-17-18-11-4-2-3-5-12(11)20-21(13)17/h4,6-9,22H,2-3,5H2,1H3,(H,18,19,23)/b13-8-. The maximum atomic E-state index is 12.3. The molecule has 1 aliphatic carbocycles. The number of ether oxygens (including phenoxy) is 1. The van der Waals surface area contributed by atoms with Crippen LogP contribution in [0.25, 0.3) is 17.9 Å². The largest absolute Gasteiger partial charge is 0.504 e. The van der Waals surface area contributed by atoms with Crippen molar-refractivity contribution in [2.45, 2.75) is 19.3 Å². The average Bonchev–Trinajstić information content (AvgIpc) is 2.89. The summed E-state index contributed by atoms with van der Waals surface area (Å²) in [6.07, 6.45) is 6.62. The molecule has 4 rings (SSSR count). The number of aromatic amines is 1. The predicted molar refractivity (Wildman–Crippen MR) is 88.5 cm³/mol. The van der Waals surface area contributed by atoms with Crippen LogP contribution in [0.4, 0.5) is 0 Å². The molecule has 0 spiro atoms. The van der Waals surface area contributed by atoms with Crippen molar-refractivity contribution in [3.8, 4) is 11.5 Å². The monoisotopic (exact) mass is 324 g/mol. The van der Waals surface area contributed by atoms with Crippen LogP contribution in [0.15, 0.2) is 23.0 Å². The van der Waals surface area contributed by atoms with E-state index in [1.54, 1.807) is 22.7 Å². The highest BCUT2D eigenvalue weighted by Gasteiger charge is 2.10. The number of aromatic nitrogens is 4. The van der Waals surface area contributed by atoms with E-state index in [0.717, 1.165) is 35.9 Å². The molecule has 122 valence electrons. The molecule has 0 saturated carbocycles. The van der Waals surface area contributed by atoms with Crippen LogP contribution in [0.5, 0.6) is 11.5 Å². The van der Waals surface area contributed by atoms with Gasteiger partial charge in [-0.3, -0.25) is 9.78 Å². The molecule has 1 aromatic carbocycles. The number of benzene rings is 1. The van der Waals surface area contributed by atoms with Crippen molar-refractivity contribution in [1.29, 1.82) is 0 Å².